The summed E-state index contributed by atoms with van der Waals surface area (Å²) in [6, 6.07) is 12.4. The molecule has 0 aromatic heterocycles. The van der Waals surface area contributed by atoms with Gasteiger partial charge in [0.1, 0.15) is 0 Å². The van der Waals surface area contributed by atoms with Crippen molar-refractivity contribution < 1.29 is 18.0 Å². The first-order valence-corrected chi connectivity index (χ1v) is 14.2. The number of halogens is 3. The molecule has 2 amide bonds. The number of aliphatic imine (C=N–C) groups is 1. The second kappa shape index (κ2) is 13.2. The molecular formula is C32H38F3N5O. The van der Waals surface area contributed by atoms with Crippen LogP contribution in [-0.4, -0.2) is 41.6 Å². The van der Waals surface area contributed by atoms with Crippen LogP contribution in [-0.2, 0) is 6.54 Å². The molecule has 0 saturated carbocycles. The highest BCUT2D eigenvalue weighted by Crippen LogP contribution is 2.40. The molecule has 4 rings (SSSR count). The molecule has 3 atom stereocenters. The predicted octanol–water partition coefficient (Wildman–Crippen LogP) is 7.87. The Morgan fingerprint density at radius 3 is 2.61 bits per heavy atom. The van der Waals surface area contributed by atoms with Gasteiger partial charge in [0.05, 0.1) is 5.71 Å². The molecule has 0 radical (unpaired) electrons. The van der Waals surface area contributed by atoms with Gasteiger partial charge < -0.3 is 16.0 Å². The Morgan fingerprint density at radius 2 is 1.93 bits per heavy atom. The van der Waals surface area contributed by atoms with Crippen molar-refractivity contribution in [1.29, 1.82) is 5.41 Å². The summed E-state index contributed by atoms with van der Waals surface area (Å²) in [6.45, 7) is 4.71. The van der Waals surface area contributed by atoms with Crippen LogP contribution in [0.15, 0.2) is 71.3 Å². The van der Waals surface area contributed by atoms with E-state index in [1.165, 1.54) is 0 Å². The number of carbonyl (C=O) groups excluding carboxylic acids is 1. The van der Waals surface area contributed by atoms with Crippen molar-refractivity contribution in [1.82, 2.24) is 4.90 Å². The second-order valence-corrected chi connectivity index (χ2v) is 10.7. The van der Waals surface area contributed by atoms with Crippen LogP contribution >= 0.6 is 0 Å². The van der Waals surface area contributed by atoms with Crippen LogP contribution in [0.5, 0.6) is 0 Å². The lowest BCUT2D eigenvalue weighted by atomic mass is 9.79. The molecule has 2 aliphatic heterocycles. The number of nitrogen functional groups attached to an aromatic ring is 1. The van der Waals surface area contributed by atoms with Crippen LogP contribution in [0.25, 0.3) is 0 Å². The minimum Gasteiger partial charge on any atom is -0.398 e. The van der Waals surface area contributed by atoms with Crippen molar-refractivity contribution in [2.45, 2.75) is 70.6 Å². The predicted molar refractivity (Wildman–Crippen MR) is 160 cm³/mol. The lowest BCUT2D eigenvalue weighted by Crippen LogP contribution is -2.48. The van der Waals surface area contributed by atoms with Gasteiger partial charge in [0.2, 0.25) is 0 Å². The van der Waals surface area contributed by atoms with Crippen LogP contribution in [0.3, 0.4) is 0 Å². The molecule has 0 saturated heterocycles. The minimum absolute atomic E-state index is 0.255. The van der Waals surface area contributed by atoms with Gasteiger partial charge in [0.15, 0.2) is 0 Å². The lowest BCUT2D eigenvalue weighted by Gasteiger charge is -2.41. The molecule has 6 nitrogen and oxygen atoms in total. The number of amides is 2. The first kappa shape index (κ1) is 30.1. The topological polar surface area (TPSA) is 94.6 Å². The van der Waals surface area contributed by atoms with Crippen molar-refractivity contribution in [2.75, 3.05) is 17.6 Å². The summed E-state index contributed by atoms with van der Waals surface area (Å²) in [6.07, 6.45) is 4.31. The van der Waals surface area contributed by atoms with E-state index in [1.54, 1.807) is 30.2 Å². The standard InChI is InChI=1S/C32H38F3N5O/c1-3-21(19-32(33,34)35)16-25(22-10-6-5-7-11-22)29(4-2)40-20-24-17-26(27(36)18-28(24)39-31(40)41)30(37)23-12-8-9-14-38-15-13-23/h5-8,10-13,15,17-18,21,25,29,37H,3-4,9,14,16,19-20,36H2,1-2H3,(H,39,41)/t21?,25-,29+/m0/s1. The molecule has 0 bridgehead atoms. The quantitative estimate of drug-likeness (QED) is 0.202. The van der Waals surface area contributed by atoms with Crippen LogP contribution < -0.4 is 11.1 Å². The van der Waals surface area contributed by atoms with Crippen molar-refractivity contribution in [3.05, 3.63) is 83.0 Å². The van der Waals surface area contributed by atoms with Gasteiger partial charge in [0.25, 0.3) is 0 Å². The summed E-state index contributed by atoms with van der Waals surface area (Å²) >= 11 is 0. The molecule has 0 spiro atoms. The maximum absolute atomic E-state index is 13.4. The third-order valence-electron chi connectivity index (χ3n) is 7.95. The van der Waals surface area contributed by atoms with E-state index in [0.717, 1.165) is 17.5 Å². The number of rotatable bonds is 10. The maximum Gasteiger partial charge on any atom is 0.389 e. The highest BCUT2D eigenvalue weighted by atomic mass is 19.4. The van der Waals surface area contributed by atoms with E-state index < -0.39 is 18.5 Å². The third kappa shape index (κ3) is 7.45. The van der Waals surface area contributed by atoms with Gasteiger partial charge in [0, 0.05) is 60.2 Å². The number of benzene rings is 2. The van der Waals surface area contributed by atoms with Gasteiger partial charge in [-0.25, -0.2) is 4.79 Å². The van der Waals surface area contributed by atoms with Crippen molar-refractivity contribution in [3.8, 4) is 0 Å². The second-order valence-electron chi connectivity index (χ2n) is 10.7. The zero-order valence-electron chi connectivity index (χ0n) is 23.5. The molecular weight excluding hydrogens is 527 g/mol. The molecule has 2 heterocycles. The molecule has 4 N–H and O–H groups in total. The Hall–Kier alpha value is -3.88. The van der Waals surface area contributed by atoms with E-state index in [4.69, 9.17) is 11.1 Å². The third-order valence-corrected chi connectivity index (χ3v) is 7.95. The first-order valence-electron chi connectivity index (χ1n) is 14.2. The fourth-order valence-electron chi connectivity index (χ4n) is 5.80. The van der Waals surface area contributed by atoms with Crippen LogP contribution in [0.1, 0.15) is 68.6 Å². The minimum atomic E-state index is -4.25. The van der Waals surface area contributed by atoms with Gasteiger partial charge in [-0.05, 0) is 54.5 Å². The number of anilines is 2. The number of alkyl halides is 3. The molecule has 41 heavy (non-hydrogen) atoms. The number of nitrogens with zero attached hydrogens (tertiary/aromatic N) is 2. The smallest absolute Gasteiger partial charge is 0.389 e. The van der Waals surface area contributed by atoms with E-state index in [2.05, 4.69) is 10.3 Å². The highest BCUT2D eigenvalue weighted by Gasteiger charge is 2.38. The average molecular weight is 566 g/mol. The Bertz CT molecular complexity index is 1330. The summed E-state index contributed by atoms with van der Waals surface area (Å²) in [5.74, 6) is -0.841. The van der Waals surface area contributed by atoms with Crippen molar-refractivity contribution in [3.63, 3.8) is 0 Å². The van der Waals surface area contributed by atoms with Gasteiger partial charge in [-0.15, -0.1) is 0 Å². The molecule has 0 aliphatic carbocycles. The van der Waals surface area contributed by atoms with Crippen LogP contribution in [0.4, 0.5) is 29.3 Å². The molecule has 9 heteroatoms. The van der Waals surface area contributed by atoms with E-state index >= 15 is 0 Å². The average Bonchev–Trinajstić information content (AvgIpc) is 2.91. The number of urea groups is 1. The Balaban J connectivity index is 1.67. The molecule has 2 aromatic carbocycles. The monoisotopic (exact) mass is 565 g/mol. The number of nitrogens with one attached hydrogen (secondary N) is 2. The molecule has 218 valence electrons. The highest BCUT2D eigenvalue weighted by molar-refractivity contribution is 6.17. The van der Waals surface area contributed by atoms with Crippen molar-refractivity contribution in [2.24, 2.45) is 10.9 Å². The molecule has 1 unspecified atom stereocenters. The maximum atomic E-state index is 13.4. The number of allylic oxidation sites excluding steroid dienone is 3. The van der Waals surface area contributed by atoms with Gasteiger partial charge in [-0.2, -0.15) is 13.2 Å². The van der Waals surface area contributed by atoms with E-state index in [9.17, 15) is 18.0 Å². The van der Waals surface area contributed by atoms with E-state index in [0.29, 0.717) is 48.3 Å². The number of carbonyl (C=O) groups is 1. The van der Waals surface area contributed by atoms with Gasteiger partial charge >= 0.3 is 12.2 Å². The largest absolute Gasteiger partial charge is 0.398 e. The summed E-state index contributed by atoms with van der Waals surface area (Å²) in [4.78, 5) is 19.5. The zero-order chi connectivity index (χ0) is 29.6. The number of fused-ring (bicyclic) bond motifs is 1. The molecule has 0 fully saturated rings. The summed E-state index contributed by atoms with van der Waals surface area (Å²) in [5.41, 5.74) is 10.5. The number of hydrogen-bond acceptors (Lipinski definition) is 4. The number of hydrogen-bond donors (Lipinski definition) is 3. The number of nitrogens with two attached hydrogens (primary N) is 1. The fraction of sp³-hybridized carbons (Fsp3) is 0.406. The summed E-state index contributed by atoms with van der Waals surface area (Å²) < 4.78 is 40.2. The Morgan fingerprint density at radius 1 is 1.17 bits per heavy atom. The van der Waals surface area contributed by atoms with E-state index in [1.807, 2.05) is 55.5 Å². The lowest BCUT2D eigenvalue weighted by molar-refractivity contribution is -0.145. The van der Waals surface area contributed by atoms with Gasteiger partial charge in [-0.1, -0.05) is 62.8 Å². The normalized spacial score (nSPS) is 17.5. The summed E-state index contributed by atoms with van der Waals surface area (Å²) in [5, 5.41) is 11.8. The zero-order valence-corrected chi connectivity index (χ0v) is 23.5. The van der Waals surface area contributed by atoms with Gasteiger partial charge in [-0.3, -0.25) is 10.4 Å². The van der Waals surface area contributed by atoms with Crippen LogP contribution in [0, 0.1) is 11.3 Å². The molecule has 2 aliphatic rings. The van der Waals surface area contributed by atoms with E-state index in [-0.39, 0.29) is 30.2 Å². The Kier molecular flexibility index (Phi) is 9.68. The fourth-order valence-corrected chi connectivity index (χ4v) is 5.80. The first-order chi connectivity index (χ1) is 19.6. The van der Waals surface area contributed by atoms with Crippen molar-refractivity contribution >= 4 is 29.3 Å². The SMILES string of the molecule is CCC(C[C@@H](c1ccccc1)[C@@H](CC)N1Cc2cc(C(=N)C3=CC=NCCC=C3)c(N)cc2NC1=O)CC(F)(F)F. The molecule has 2 aromatic rings. The van der Waals surface area contributed by atoms with Crippen LogP contribution in [0.2, 0.25) is 0 Å². The summed E-state index contributed by atoms with van der Waals surface area (Å²) in [7, 11) is 0. The Labute approximate surface area is 239 Å².